The number of hydrogen-bond acceptors (Lipinski definition) is 4. The largest absolute Gasteiger partial charge is 0.481 e. The number of benzene rings is 1. The summed E-state index contributed by atoms with van der Waals surface area (Å²) in [7, 11) is 0. The lowest BCUT2D eigenvalue weighted by Gasteiger charge is -2.02. The molecule has 0 fully saturated rings. The normalized spacial score (nSPS) is 10.6. The molecule has 0 radical (unpaired) electrons. The van der Waals surface area contributed by atoms with Crippen molar-refractivity contribution < 1.29 is 9.90 Å². The first kappa shape index (κ1) is 13.2. The SMILES string of the molecule is Cc1ccccc1CCc1nnn(CCC(=O)O)n1. The molecular formula is C13H16N4O2. The van der Waals surface area contributed by atoms with Gasteiger partial charge in [-0.15, -0.1) is 10.2 Å². The number of rotatable bonds is 6. The number of tetrazole rings is 1. The van der Waals surface area contributed by atoms with Crippen LogP contribution < -0.4 is 0 Å². The zero-order chi connectivity index (χ0) is 13.7. The molecule has 0 amide bonds. The Morgan fingerprint density at radius 3 is 2.84 bits per heavy atom. The van der Waals surface area contributed by atoms with Crippen LogP contribution in [0.1, 0.15) is 23.4 Å². The predicted molar refractivity (Wildman–Crippen MR) is 68.7 cm³/mol. The second-order valence-corrected chi connectivity index (χ2v) is 4.37. The van der Waals surface area contributed by atoms with Gasteiger partial charge in [-0.05, 0) is 29.7 Å². The molecule has 2 aromatic rings. The summed E-state index contributed by atoms with van der Waals surface area (Å²) in [6.45, 7) is 2.33. The number of nitrogens with zero attached hydrogens (tertiary/aromatic N) is 4. The van der Waals surface area contributed by atoms with Gasteiger partial charge in [-0.2, -0.15) is 4.80 Å². The van der Waals surface area contributed by atoms with Crippen molar-refractivity contribution in [2.75, 3.05) is 0 Å². The van der Waals surface area contributed by atoms with E-state index in [1.807, 2.05) is 12.1 Å². The Morgan fingerprint density at radius 1 is 1.32 bits per heavy atom. The Bertz CT molecular complexity index is 565. The number of aromatic nitrogens is 4. The maximum atomic E-state index is 10.4. The van der Waals surface area contributed by atoms with Gasteiger partial charge in [0.1, 0.15) is 0 Å². The molecule has 1 N–H and O–H groups in total. The Kier molecular flexibility index (Phi) is 4.22. The first-order valence-corrected chi connectivity index (χ1v) is 6.18. The number of carboxylic acid groups (broad SMARTS) is 1. The molecule has 0 atom stereocenters. The molecule has 1 aromatic heterocycles. The average molecular weight is 260 g/mol. The molecule has 100 valence electrons. The quantitative estimate of drug-likeness (QED) is 0.845. The van der Waals surface area contributed by atoms with E-state index in [0.717, 1.165) is 6.42 Å². The molecular weight excluding hydrogens is 244 g/mol. The second kappa shape index (κ2) is 6.08. The van der Waals surface area contributed by atoms with E-state index in [9.17, 15) is 4.79 Å². The molecule has 0 aliphatic rings. The molecule has 0 aliphatic carbocycles. The summed E-state index contributed by atoms with van der Waals surface area (Å²) < 4.78 is 0. The summed E-state index contributed by atoms with van der Waals surface area (Å²) in [5, 5.41) is 20.5. The maximum Gasteiger partial charge on any atom is 0.305 e. The Labute approximate surface area is 111 Å². The average Bonchev–Trinajstić information content (AvgIpc) is 2.83. The lowest BCUT2D eigenvalue weighted by Crippen LogP contribution is -2.07. The lowest BCUT2D eigenvalue weighted by molar-refractivity contribution is -0.137. The summed E-state index contributed by atoms with van der Waals surface area (Å²) in [5.74, 6) is -0.215. The van der Waals surface area contributed by atoms with Crippen LogP contribution >= 0.6 is 0 Å². The zero-order valence-corrected chi connectivity index (χ0v) is 10.8. The summed E-state index contributed by atoms with van der Waals surface area (Å²) in [6, 6.07) is 8.19. The highest BCUT2D eigenvalue weighted by molar-refractivity contribution is 5.66. The van der Waals surface area contributed by atoms with Crippen LogP contribution in [0, 0.1) is 6.92 Å². The highest BCUT2D eigenvalue weighted by Gasteiger charge is 2.06. The summed E-state index contributed by atoms with van der Waals surface area (Å²) in [6.07, 6.45) is 1.57. The Morgan fingerprint density at radius 2 is 2.11 bits per heavy atom. The third-order valence-electron chi connectivity index (χ3n) is 2.90. The van der Waals surface area contributed by atoms with Gasteiger partial charge >= 0.3 is 5.97 Å². The van der Waals surface area contributed by atoms with Gasteiger partial charge in [-0.3, -0.25) is 4.79 Å². The van der Waals surface area contributed by atoms with Gasteiger partial charge in [0.25, 0.3) is 0 Å². The monoisotopic (exact) mass is 260 g/mol. The maximum absolute atomic E-state index is 10.4. The first-order valence-electron chi connectivity index (χ1n) is 6.18. The molecule has 19 heavy (non-hydrogen) atoms. The van der Waals surface area contributed by atoms with Crippen LogP contribution in [0.25, 0.3) is 0 Å². The molecule has 1 heterocycles. The van der Waals surface area contributed by atoms with Gasteiger partial charge in [-0.1, -0.05) is 24.3 Å². The van der Waals surface area contributed by atoms with E-state index in [-0.39, 0.29) is 13.0 Å². The van der Waals surface area contributed by atoms with Crippen molar-refractivity contribution in [1.29, 1.82) is 0 Å². The highest BCUT2D eigenvalue weighted by Crippen LogP contribution is 2.09. The van der Waals surface area contributed by atoms with Gasteiger partial charge in [0.2, 0.25) is 0 Å². The first-order chi connectivity index (χ1) is 9.15. The number of carboxylic acids is 1. The predicted octanol–water partition coefficient (Wildman–Crippen LogP) is 1.24. The molecule has 0 spiro atoms. The topological polar surface area (TPSA) is 80.9 Å². The second-order valence-electron chi connectivity index (χ2n) is 4.37. The zero-order valence-electron chi connectivity index (χ0n) is 10.8. The van der Waals surface area contributed by atoms with Crippen LogP contribution in [-0.2, 0) is 24.2 Å². The number of carbonyl (C=O) groups is 1. The van der Waals surface area contributed by atoms with Crippen molar-refractivity contribution in [2.45, 2.75) is 32.7 Å². The smallest absolute Gasteiger partial charge is 0.305 e. The van der Waals surface area contributed by atoms with E-state index in [1.165, 1.54) is 15.9 Å². The van der Waals surface area contributed by atoms with Crippen LogP contribution in [0.3, 0.4) is 0 Å². The van der Waals surface area contributed by atoms with E-state index in [4.69, 9.17) is 5.11 Å². The van der Waals surface area contributed by atoms with Crippen LogP contribution in [-0.4, -0.2) is 31.3 Å². The fourth-order valence-electron chi connectivity index (χ4n) is 1.80. The molecule has 6 heteroatoms. The third kappa shape index (κ3) is 3.87. The van der Waals surface area contributed by atoms with Crippen molar-refractivity contribution in [3.05, 3.63) is 41.2 Å². The molecule has 0 aliphatic heterocycles. The summed E-state index contributed by atoms with van der Waals surface area (Å²) in [4.78, 5) is 11.8. The minimum atomic E-state index is -0.862. The van der Waals surface area contributed by atoms with E-state index >= 15 is 0 Å². The number of hydrogen-bond donors (Lipinski definition) is 1. The van der Waals surface area contributed by atoms with E-state index in [2.05, 4.69) is 34.5 Å². The third-order valence-corrected chi connectivity index (χ3v) is 2.90. The molecule has 1 aromatic carbocycles. The van der Waals surface area contributed by atoms with Gasteiger partial charge in [-0.25, -0.2) is 0 Å². The fraction of sp³-hybridized carbons (Fsp3) is 0.385. The van der Waals surface area contributed by atoms with Crippen LogP contribution in [0.4, 0.5) is 0 Å². The van der Waals surface area contributed by atoms with Crippen LogP contribution in [0.5, 0.6) is 0 Å². The Hall–Kier alpha value is -2.24. The molecule has 0 saturated carbocycles. The van der Waals surface area contributed by atoms with Crippen molar-refractivity contribution in [3.63, 3.8) is 0 Å². The van der Waals surface area contributed by atoms with Gasteiger partial charge in [0.15, 0.2) is 5.82 Å². The van der Waals surface area contributed by atoms with Crippen molar-refractivity contribution in [3.8, 4) is 0 Å². The van der Waals surface area contributed by atoms with Gasteiger partial charge < -0.3 is 5.11 Å². The minimum Gasteiger partial charge on any atom is -0.481 e. The fourth-order valence-corrected chi connectivity index (χ4v) is 1.80. The standard InChI is InChI=1S/C13H16N4O2/c1-10-4-2-3-5-11(10)6-7-12-14-16-17(15-12)9-8-13(18)19/h2-5H,6-9H2,1H3,(H,18,19). The minimum absolute atomic E-state index is 0.00753. The highest BCUT2D eigenvalue weighted by atomic mass is 16.4. The lowest BCUT2D eigenvalue weighted by atomic mass is 10.0. The van der Waals surface area contributed by atoms with Crippen LogP contribution in [0.2, 0.25) is 0 Å². The van der Waals surface area contributed by atoms with E-state index in [1.54, 1.807) is 0 Å². The summed E-state index contributed by atoms with van der Waals surface area (Å²) >= 11 is 0. The number of aliphatic carboxylic acids is 1. The van der Waals surface area contributed by atoms with E-state index in [0.29, 0.717) is 12.2 Å². The van der Waals surface area contributed by atoms with Crippen LogP contribution in [0.15, 0.2) is 24.3 Å². The van der Waals surface area contributed by atoms with Crippen molar-refractivity contribution in [1.82, 2.24) is 20.2 Å². The van der Waals surface area contributed by atoms with Gasteiger partial charge in [0, 0.05) is 6.42 Å². The van der Waals surface area contributed by atoms with Crippen molar-refractivity contribution in [2.24, 2.45) is 0 Å². The molecule has 0 saturated heterocycles. The number of aryl methyl sites for hydroxylation is 4. The molecule has 0 unspecified atom stereocenters. The summed E-state index contributed by atoms with van der Waals surface area (Å²) in [5.41, 5.74) is 2.52. The molecule has 2 rings (SSSR count). The Balaban J connectivity index is 1.90. The van der Waals surface area contributed by atoms with Gasteiger partial charge in [0.05, 0.1) is 13.0 Å². The van der Waals surface area contributed by atoms with Crippen molar-refractivity contribution >= 4 is 5.97 Å². The molecule has 0 bridgehead atoms. The molecule has 6 nitrogen and oxygen atoms in total. The van der Waals surface area contributed by atoms with E-state index < -0.39 is 5.97 Å².